The molecular weight excluding hydrogens is 262 g/mol. The molecule has 21 heavy (non-hydrogen) atoms. The molecule has 0 aromatic carbocycles. The fourth-order valence-corrected chi connectivity index (χ4v) is 3.30. The summed E-state index contributed by atoms with van der Waals surface area (Å²) in [6, 6.07) is 0.413. The molecule has 3 nitrogen and oxygen atoms in total. The summed E-state index contributed by atoms with van der Waals surface area (Å²) in [7, 11) is 0. The van der Waals surface area contributed by atoms with Crippen molar-refractivity contribution in [2.75, 3.05) is 6.54 Å². The summed E-state index contributed by atoms with van der Waals surface area (Å²) < 4.78 is 0. The number of aldehydes is 1. The predicted octanol–water partition coefficient (Wildman–Crippen LogP) is 4.20. The van der Waals surface area contributed by atoms with Crippen molar-refractivity contribution in [3.63, 3.8) is 0 Å². The Bertz CT molecular complexity index is 333. The molecule has 0 N–H and O–H groups in total. The van der Waals surface area contributed by atoms with Gasteiger partial charge in [0.15, 0.2) is 0 Å². The Morgan fingerprint density at radius 1 is 1.14 bits per heavy atom. The summed E-state index contributed by atoms with van der Waals surface area (Å²) in [5.74, 6) is 0.900. The van der Waals surface area contributed by atoms with Crippen molar-refractivity contribution >= 4 is 12.2 Å². The minimum absolute atomic E-state index is 0.289. The van der Waals surface area contributed by atoms with E-state index < -0.39 is 0 Å². The molecule has 0 heterocycles. The van der Waals surface area contributed by atoms with E-state index in [9.17, 15) is 9.59 Å². The average molecular weight is 295 g/mol. The van der Waals surface area contributed by atoms with Gasteiger partial charge in [0.25, 0.3) is 0 Å². The fourth-order valence-electron chi connectivity index (χ4n) is 3.30. The molecule has 1 fully saturated rings. The summed E-state index contributed by atoms with van der Waals surface area (Å²) in [5, 5.41) is 0. The van der Waals surface area contributed by atoms with Crippen molar-refractivity contribution in [1.82, 2.24) is 4.90 Å². The topological polar surface area (TPSA) is 37.4 Å². The van der Waals surface area contributed by atoms with Crippen LogP contribution < -0.4 is 0 Å². The highest BCUT2D eigenvalue weighted by atomic mass is 16.2. The lowest BCUT2D eigenvalue weighted by atomic mass is 9.83. The van der Waals surface area contributed by atoms with Crippen LogP contribution in [0.4, 0.5) is 0 Å². The first-order chi connectivity index (χ1) is 9.88. The Morgan fingerprint density at radius 3 is 2.38 bits per heavy atom. The van der Waals surface area contributed by atoms with Gasteiger partial charge in [-0.05, 0) is 31.6 Å². The van der Waals surface area contributed by atoms with Gasteiger partial charge >= 0.3 is 0 Å². The smallest absolute Gasteiger partial charge is 0.228 e. The molecule has 0 spiro atoms. The lowest BCUT2D eigenvalue weighted by Crippen LogP contribution is -2.49. The molecule has 0 aromatic rings. The van der Waals surface area contributed by atoms with Crippen molar-refractivity contribution in [2.45, 2.75) is 85.1 Å². The van der Waals surface area contributed by atoms with Gasteiger partial charge < -0.3 is 9.69 Å². The van der Waals surface area contributed by atoms with Crippen molar-refractivity contribution in [3.8, 4) is 0 Å². The van der Waals surface area contributed by atoms with E-state index in [2.05, 4.69) is 11.8 Å². The van der Waals surface area contributed by atoms with Gasteiger partial charge in [-0.1, -0.05) is 47.0 Å². The summed E-state index contributed by atoms with van der Waals surface area (Å²) in [5.41, 5.74) is -0.306. The highest BCUT2D eigenvalue weighted by Gasteiger charge is 2.35. The molecule has 1 saturated carbocycles. The first kappa shape index (κ1) is 18.2. The van der Waals surface area contributed by atoms with Gasteiger partial charge in [-0.3, -0.25) is 4.79 Å². The Hall–Kier alpha value is -0.860. The maximum Gasteiger partial charge on any atom is 0.228 e. The number of hydrogen-bond acceptors (Lipinski definition) is 2. The van der Waals surface area contributed by atoms with E-state index >= 15 is 0 Å². The van der Waals surface area contributed by atoms with E-state index in [1.807, 2.05) is 20.8 Å². The van der Waals surface area contributed by atoms with E-state index in [0.717, 1.165) is 38.5 Å². The number of carbonyl (C=O) groups is 2. The second-order valence-corrected chi connectivity index (χ2v) is 7.59. The first-order valence-corrected chi connectivity index (χ1v) is 8.62. The van der Waals surface area contributed by atoms with Crippen LogP contribution in [0.5, 0.6) is 0 Å². The summed E-state index contributed by atoms with van der Waals surface area (Å²) in [6.07, 6.45) is 9.56. The van der Waals surface area contributed by atoms with Crippen LogP contribution in [0, 0.1) is 11.3 Å². The molecule has 0 aliphatic heterocycles. The molecule has 3 heteroatoms. The van der Waals surface area contributed by atoms with E-state index in [4.69, 9.17) is 0 Å². The van der Waals surface area contributed by atoms with Crippen LogP contribution in [-0.4, -0.2) is 29.7 Å². The quantitative estimate of drug-likeness (QED) is 0.521. The summed E-state index contributed by atoms with van der Waals surface area (Å²) in [6.45, 7) is 9.19. The third-order valence-corrected chi connectivity index (χ3v) is 4.59. The van der Waals surface area contributed by atoms with E-state index in [-0.39, 0.29) is 11.3 Å². The van der Waals surface area contributed by atoms with Crippen molar-refractivity contribution in [2.24, 2.45) is 11.3 Å². The minimum Gasteiger partial charge on any atom is -0.339 e. The zero-order valence-electron chi connectivity index (χ0n) is 14.4. The van der Waals surface area contributed by atoms with Crippen molar-refractivity contribution < 1.29 is 9.59 Å². The molecule has 122 valence electrons. The van der Waals surface area contributed by atoms with E-state index in [1.165, 1.54) is 19.3 Å². The van der Waals surface area contributed by atoms with Crippen LogP contribution in [0.15, 0.2) is 0 Å². The van der Waals surface area contributed by atoms with Crippen LogP contribution in [0.1, 0.15) is 79.1 Å². The van der Waals surface area contributed by atoms with Crippen molar-refractivity contribution in [3.05, 3.63) is 0 Å². The molecule has 1 amide bonds. The van der Waals surface area contributed by atoms with E-state index in [1.54, 1.807) is 0 Å². The average Bonchev–Trinajstić information content (AvgIpc) is 2.42. The molecule has 2 unspecified atom stereocenters. The number of rotatable bonds is 7. The Kier molecular flexibility index (Phi) is 7.41. The van der Waals surface area contributed by atoms with Crippen LogP contribution >= 0.6 is 0 Å². The van der Waals surface area contributed by atoms with E-state index in [0.29, 0.717) is 18.4 Å². The maximum absolute atomic E-state index is 12.8. The van der Waals surface area contributed by atoms with Gasteiger partial charge in [-0.25, -0.2) is 0 Å². The highest BCUT2D eigenvalue weighted by Crippen LogP contribution is 2.31. The van der Waals surface area contributed by atoms with Crippen LogP contribution in [0.25, 0.3) is 0 Å². The van der Waals surface area contributed by atoms with Gasteiger partial charge in [-0.15, -0.1) is 0 Å². The first-order valence-electron chi connectivity index (χ1n) is 8.62. The van der Waals surface area contributed by atoms with Gasteiger partial charge in [0.05, 0.1) is 0 Å². The van der Waals surface area contributed by atoms with Gasteiger partial charge in [0.1, 0.15) is 6.29 Å². The lowest BCUT2D eigenvalue weighted by Gasteiger charge is -2.41. The maximum atomic E-state index is 12.8. The third-order valence-electron chi connectivity index (χ3n) is 4.59. The zero-order chi connectivity index (χ0) is 15.9. The Morgan fingerprint density at radius 2 is 1.81 bits per heavy atom. The monoisotopic (exact) mass is 295 g/mol. The molecular formula is C18H33NO2. The van der Waals surface area contributed by atoms with Gasteiger partial charge in [0.2, 0.25) is 5.91 Å². The molecule has 1 rings (SSSR count). The molecule has 0 radical (unpaired) electrons. The summed E-state index contributed by atoms with van der Waals surface area (Å²) in [4.78, 5) is 25.3. The normalized spacial score (nSPS) is 22.9. The number of carbonyl (C=O) groups excluding carboxylic acids is 2. The predicted molar refractivity (Wildman–Crippen MR) is 87.1 cm³/mol. The van der Waals surface area contributed by atoms with Crippen LogP contribution in [0.2, 0.25) is 0 Å². The Labute approximate surface area is 130 Å². The molecule has 1 aliphatic carbocycles. The molecule has 2 atom stereocenters. The fraction of sp³-hybridized carbons (Fsp3) is 0.889. The number of hydrogen-bond donors (Lipinski definition) is 0. The summed E-state index contributed by atoms with van der Waals surface area (Å²) >= 11 is 0. The Balaban J connectivity index is 2.65. The van der Waals surface area contributed by atoms with Gasteiger partial charge in [-0.2, -0.15) is 0 Å². The zero-order valence-corrected chi connectivity index (χ0v) is 14.4. The third kappa shape index (κ3) is 5.80. The van der Waals surface area contributed by atoms with Gasteiger partial charge in [0, 0.05) is 24.4 Å². The molecule has 0 bridgehead atoms. The molecule has 1 aliphatic rings. The van der Waals surface area contributed by atoms with Crippen LogP contribution in [0.3, 0.4) is 0 Å². The van der Waals surface area contributed by atoms with Crippen LogP contribution in [-0.2, 0) is 9.59 Å². The standard InChI is InChI=1S/C18H33NO2/c1-15-11-7-8-12-16(15)19(17(21)18(2,3)4)13-9-5-6-10-14-20/h14-16H,5-13H2,1-4H3. The number of unbranched alkanes of at least 4 members (excludes halogenated alkanes) is 3. The van der Waals surface area contributed by atoms with Crippen molar-refractivity contribution in [1.29, 1.82) is 0 Å². The number of nitrogens with zero attached hydrogens (tertiary/aromatic N) is 1. The largest absolute Gasteiger partial charge is 0.339 e. The second kappa shape index (κ2) is 8.55. The number of amides is 1. The minimum atomic E-state index is -0.306. The molecule has 0 saturated heterocycles. The molecule has 0 aromatic heterocycles. The SMILES string of the molecule is CC1CCCCC1N(CCCCCC=O)C(=O)C(C)(C)C. The highest BCUT2D eigenvalue weighted by molar-refractivity contribution is 5.81. The second-order valence-electron chi connectivity index (χ2n) is 7.59. The lowest BCUT2D eigenvalue weighted by molar-refractivity contribution is -0.144.